The number of phenols is 1. The van der Waals surface area contributed by atoms with E-state index in [0.29, 0.717) is 17.5 Å². The van der Waals surface area contributed by atoms with Crippen molar-refractivity contribution in [1.29, 1.82) is 0 Å². The smallest absolute Gasteiger partial charge is 0.305 e. The lowest BCUT2D eigenvalue weighted by atomic mass is 9.59. The summed E-state index contributed by atoms with van der Waals surface area (Å²) in [4.78, 5) is 65.2. The van der Waals surface area contributed by atoms with Crippen LogP contribution in [0.2, 0.25) is 0 Å². The summed E-state index contributed by atoms with van der Waals surface area (Å²) in [6.45, 7) is 3.52. The largest absolute Gasteiger partial charge is 0.507 e. The number of phenolic OH excluding ortho intramolecular Hbond substituents is 1. The molecule has 1 aromatic rings. The van der Waals surface area contributed by atoms with Gasteiger partial charge in [-0.05, 0) is 46.7 Å². The first-order valence-electron chi connectivity index (χ1n) is 12.0. The lowest BCUT2D eigenvalue weighted by Gasteiger charge is -2.42. The van der Waals surface area contributed by atoms with E-state index in [-0.39, 0.29) is 58.8 Å². The Hall–Kier alpha value is -3.59. The van der Waals surface area contributed by atoms with Crippen LogP contribution in [-0.4, -0.2) is 51.0 Å². The van der Waals surface area contributed by atoms with Crippen molar-refractivity contribution >= 4 is 45.3 Å². The number of carbonyl (C=O) groups excluding carboxylic acids is 4. The van der Waals surface area contributed by atoms with Gasteiger partial charge in [-0.2, -0.15) is 0 Å². The molecule has 1 saturated heterocycles. The number of para-hydroxylation sites is 1. The molecule has 3 aliphatic carbocycles. The summed E-state index contributed by atoms with van der Waals surface area (Å²) in [7, 11) is 0. The number of aromatic hydroxyl groups is 1. The van der Waals surface area contributed by atoms with E-state index < -0.39 is 41.5 Å². The van der Waals surface area contributed by atoms with Crippen molar-refractivity contribution < 1.29 is 34.2 Å². The zero-order chi connectivity index (χ0) is 26.6. The highest BCUT2D eigenvalue weighted by Crippen LogP contribution is 2.56. The van der Waals surface area contributed by atoms with Gasteiger partial charge in [-0.15, -0.1) is 6.58 Å². The molecule has 8 nitrogen and oxygen atoms in total. The number of halogens is 1. The lowest BCUT2D eigenvalue weighted by molar-refractivity contribution is -0.142. The van der Waals surface area contributed by atoms with E-state index in [4.69, 9.17) is 5.11 Å². The zero-order valence-corrected chi connectivity index (χ0v) is 21.4. The molecule has 1 aromatic carbocycles. The molecule has 5 rings (SSSR count). The second-order valence-corrected chi connectivity index (χ2v) is 10.6. The molecular weight excluding hydrogens is 542 g/mol. The maximum Gasteiger partial charge on any atom is 0.305 e. The summed E-state index contributed by atoms with van der Waals surface area (Å²) in [6, 6.07) is 5.23. The molecule has 1 heterocycles. The Bertz CT molecular complexity index is 1380. The molecule has 0 bridgehead atoms. The first-order chi connectivity index (χ1) is 17.6. The maximum atomic E-state index is 13.5. The molecule has 0 radical (unpaired) electrons. The van der Waals surface area contributed by atoms with Crippen LogP contribution in [-0.2, 0) is 30.4 Å². The van der Waals surface area contributed by atoms with Gasteiger partial charge in [-0.1, -0.05) is 35.9 Å². The number of Topliss-reactive ketones (excluding diaryl/α,β-unsaturated/α-hetero) is 1. The molecule has 2 amide bonds. The fraction of sp³-hybridized carbons (Fsp3) is 0.321. The Morgan fingerprint density at radius 2 is 1.92 bits per heavy atom. The molecule has 190 valence electrons. The Kier molecular flexibility index (Phi) is 6.35. The number of nitrogens with zero attached hydrogens (tertiary/aromatic N) is 1. The normalized spacial score (nSPS) is 26.9. The van der Waals surface area contributed by atoms with E-state index >= 15 is 0 Å². The van der Waals surface area contributed by atoms with E-state index in [2.05, 4.69) is 22.5 Å². The lowest BCUT2D eigenvalue weighted by Crippen LogP contribution is -2.39. The van der Waals surface area contributed by atoms with Crippen LogP contribution in [0.5, 0.6) is 5.75 Å². The summed E-state index contributed by atoms with van der Waals surface area (Å²) in [6.07, 6.45) is 5.15. The predicted molar refractivity (Wildman–Crippen MR) is 136 cm³/mol. The molecule has 0 saturated carbocycles. The first kappa shape index (κ1) is 25.1. The number of imide groups is 1. The maximum absolute atomic E-state index is 13.5. The highest BCUT2D eigenvalue weighted by atomic mass is 79.9. The fourth-order valence-corrected chi connectivity index (χ4v) is 6.67. The van der Waals surface area contributed by atoms with Crippen molar-refractivity contribution in [3.8, 4) is 5.75 Å². The van der Waals surface area contributed by atoms with Crippen molar-refractivity contribution in [2.24, 2.45) is 17.8 Å². The number of hydrogen-bond acceptors (Lipinski definition) is 6. The van der Waals surface area contributed by atoms with Crippen LogP contribution in [0.15, 0.2) is 64.2 Å². The van der Waals surface area contributed by atoms with Crippen LogP contribution >= 0.6 is 15.9 Å². The highest BCUT2D eigenvalue weighted by molar-refractivity contribution is 9.12. The molecule has 2 N–H and O–H groups in total. The summed E-state index contributed by atoms with van der Waals surface area (Å²) < 4.78 is 0.122. The summed E-state index contributed by atoms with van der Waals surface area (Å²) >= 11 is 3.18. The van der Waals surface area contributed by atoms with Crippen LogP contribution in [0.3, 0.4) is 0 Å². The number of ketones is 2. The average Bonchev–Trinajstić information content (AvgIpc) is 3.11. The molecule has 0 aromatic heterocycles. The number of aliphatic carboxylic acids is 1. The number of benzene rings is 1. The van der Waals surface area contributed by atoms with Crippen LogP contribution < -0.4 is 0 Å². The van der Waals surface area contributed by atoms with Gasteiger partial charge in [-0.3, -0.25) is 28.9 Å². The third kappa shape index (κ3) is 3.92. The minimum absolute atomic E-state index is 0.00583. The van der Waals surface area contributed by atoms with E-state index in [0.717, 1.165) is 10.5 Å². The Morgan fingerprint density at radius 3 is 2.62 bits per heavy atom. The van der Waals surface area contributed by atoms with Gasteiger partial charge in [0.25, 0.3) is 0 Å². The summed E-state index contributed by atoms with van der Waals surface area (Å²) in [5, 5.41) is 20.3. The number of amides is 2. The van der Waals surface area contributed by atoms with Crippen molar-refractivity contribution in [3.05, 3.63) is 75.3 Å². The van der Waals surface area contributed by atoms with Gasteiger partial charge in [-0.25, -0.2) is 0 Å². The molecule has 9 heteroatoms. The molecular formula is C28H24BrNO7. The molecule has 4 aliphatic rings. The van der Waals surface area contributed by atoms with Gasteiger partial charge in [0, 0.05) is 35.2 Å². The van der Waals surface area contributed by atoms with Crippen LogP contribution in [0.1, 0.15) is 36.3 Å². The quantitative estimate of drug-likeness (QED) is 0.307. The molecule has 1 fully saturated rings. The van der Waals surface area contributed by atoms with Gasteiger partial charge < -0.3 is 10.2 Å². The second-order valence-electron chi connectivity index (χ2n) is 9.71. The Balaban J connectivity index is 1.65. The fourth-order valence-electron chi connectivity index (χ4n) is 6.22. The monoisotopic (exact) mass is 565 g/mol. The predicted octanol–water partition coefficient (Wildman–Crippen LogP) is 3.36. The molecule has 1 aliphatic heterocycles. The topological polar surface area (TPSA) is 129 Å². The summed E-state index contributed by atoms with van der Waals surface area (Å²) in [5.74, 6) is -5.44. The van der Waals surface area contributed by atoms with Gasteiger partial charge in [0.15, 0.2) is 11.6 Å². The highest BCUT2D eigenvalue weighted by Gasteiger charge is 2.56. The number of rotatable bonds is 6. The van der Waals surface area contributed by atoms with E-state index in [1.165, 1.54) is 6.08 Å². The standard InChI is InChI=1S/C28H24BrNO7/c1-2-4-13-5-3-6-15(25(13)34)22-14-7-8-16-23(28(37)30(27(16)36)10-9-21(32)33)17(14)11-18-24(22)20(31)12-19(29)26(18)35/h2-3,5-7,12,16-17,22-23,34H,1,4,8-11H2,(H,32,33)/t16-,17+,22+,23-/m0/s1. The number of hydrogen-bond donors (Lipinski definition) is 2. The molecule has 0 unspecified atom stereocenters. The van der Waals surface area contributed by atoms with Crippen molar-refractivity contribution in [2.45, 2.75) is 31.6 Å². The zero-order valence-electron chi connectivity index (χ0n) is 19.8. The van der Waals surface area contributed by atoms with Gasteiger partial charge >= 0.3 is 5.97 Å². The summed E-state index contributed by atoms with van der Waals surface area (Å²) in [5.41, 5.74) is 2.34. The Morgan fingerprint density at radius 1 is 1.16 bits per heavy atom. The van der Waals surface area contributed by atoms with Crippen LogP contribution in [0, 0.1) is 17.8 Å². The first-order valence-corrected chi connectivity index (χ1v) is 12.8. The number of carboxylic acids is 1. The van der Waals surface area contributed by atoms with Gasteiger partial charge in [0.2, 0.25) is 11.8 Å². The number of fused-ring (bicyclic) bond motifs is 3. The van der Waals surface area contributed by atoms with E-state index in [9.17, 15) is 29.1 Å². The van der Waals surface area contributed by atoms with Crippen LogP contribution in [0.25, 0.3) is 0 Å². The number of likely N-dealkylation sites (tertiary alicyclic amines) is 1. The molecule has 4 atom stereocenters. The van der Waals surface area contributed by atoms with Crippen LogP contribution in [0.4, 0.5) is 0 Å². The average molecular weight is 566 g/mol. The molecule has 37 heavy (non-hydrogen) atoms. The number of allylic oxidation sites excluding steroid dienone is 7. The van der Waals surface area contributed by atoms with Crippen molar-refractivity contribution in [3.63, 3.8) is 0 Å². The number of carboxylic acid groups (broad SMARTS) is 1. The van der Waals surface area contributed by atoms with Crippen molar-refractivity contribution in [2.75, 3.05) is 6.54 Å². The number of carbonyl (C=O) groups is 5. The van der Waals surface area contributed by atoms with Gasteiger partial charge in [0.05, 0.1) is 22.7 Å². The second kappa shape index (κ2) is 9.37. The minimum atomic E-state index is -1.11. The van der Waals surface area contributed by atoms with Gasteiger partial charge in [0.1, 0.15) is 5.75 Å². The van der Waals surface area contributed by atoms with E-state index in [1.807, 2.05) is 6.08 Å². The van der Waals surface area contributed by atoms with Crippen molar-refractivity contribution in [1.82, 2.24) is 4.90 Å². The van der Waals surface area contributed by atoms with E-state index in [1.54, 1.807) is 24.3 Å². The third-order valence-corrected chi connectivity index (χ3v) is 8.39. The Labute approximate surface area is 221 Å². The SMILES string of the molecule is C=CCc1cccc([C@H]2C3=CC[C@@H]4C(=O)N(CCC(=O)O)C(=O)[C@@H]4[C@@H]3CC3=C2C(=O)C=C(Br)C3=O)c1O. The molecule has 0 spiro atoms. The minimum Gasteiger partial charge on any atom is -0.507 e. The third-order valence-electron chi connectivity index (χ3n) is 7.80.